The molecule has 0 radical (unpaired) electrons. The van der Waals surface area contributed by atoms with E-state index in [1.54, 1.807) is 7.11 Å². The van der Waals surface area contributed by atoms with Gasteiger partial charge in [0.05, 0.1) is 18.8 Å². The molecule has 0 aromatic heterocycles. The molecule has 0 aliphatic carbocycles. The monoisotopic (exact) mass is 367 g/mol. The molecule has 27 heavy (non-hydrogen) atoms. The number of nitrogens with zero attached hydrogens (tertiary/aromatic N) is 2. The third kappa shape index (κ3) is 4.80. The number of piperazine rings is 1. The first-order valence-electron chi connectivity index (χ1n) is 9.54. The molecule has 144 valence electrons. The number of hydrogen-bond acceptors (Lipinski definition) is 4. The molecule has 1 amide bonds. The van der Waals surface area contributed by atoms with Gasteiger partial charge in [0.25, 0.3) is 0 Å². The van der Waals surface area contributed by atoms with Gasteiger partial charge in [-0.2, -0.15) is 0 Å². The van der Waals surface area contributed by atoms with Crippen LogP contribution in [0.2, 0.25) is 0 Å². The molecule has 0 bridgehead atoms. The van der Waals surface area contributed by atoms with Crippen molar-refractivity contribution in [2.75, 3.05) is 38.2 Å². The Labute approximate surface area is 161 Å². The Morgan fingerprint density at radius 2 is 1.85 bits per heavy atom. The Hall–Kier alpha value is -2.53. The summed E-state index contributed by atoms with van der Waals surface area (Å²) in [5.74, 6) is 0.983. The van der Waals surface area contributed by atoms with Crippen LogP contribution < -0.4 is 15.0 Å². The molecule has 5 nitrogen and oxygen atoms in total. The molecule has 2 aromatic rings. The quantitative estimate of drug-likeness (QED) is 0.853. The highest BCUT2D eigenvalue weighted by atomic mass is 16.5. The molecule has 1 aliphatic heterocycles. The lowest BCUT2D eigenvalue weighted by Crippen LogP contribution is -2.53. The van der Waals surface area contributed by atoms with Crippen molar-refractivity contribution in [2.45, 2.75) is 26.4 Å². The van der Waals surface area contributed by atoms with E-state index in [1.807, 2.05) is 37.3 Å². The van der Waals surface area contributed by atoms with Gasteiger partial charge < -0.3 is 15.0 Å². The third-order valence-electron chi connectivity index (χ3n) is 5.22. The van der Waals surface area contributed by atoms with Gasteiger partial charge in [-0.15, -0.1) is 0 Å². The van der Waals surface area contributed by atoms with Crippen molar-refractivity contribution in [3.05, 3.63) is 59.7 Å². The van der Waals surface area contributed by atoms with Crippen LogP contribution in [0.25, 0.3) is 0 Å². The average molecular weight is 367 g/mol. The molecule has 2 aromatic carbocycles. The number of amides is 1. The van der Waals surface area contributed by atoms with Gasteiger partial charge in [0.1, 0.15) is 5.75 Å². The standard InChI is InChI=1S/C22H29N3O2/c1-17-7-6-8-19(15-17)16-23-22(26)18(2)24-11-13-25(14-12-24)20-9-4-5-10-21(20)27-3/h4-10,15,18H,11-14,16H2,1-3H3,(H,23,26)/t18-/m1/s1. The smallest absolute Gasteiger partial charge is 0.237 e. The Balaban J connectivity index is 1.51. The van der Waals surface area contributed by atoms with Crippen molar-refractivity contribution in [2.24, 2.45) is 0 Å². The molecule has 1 aliphatic rings. The second kappa shape index (κ2) is 8.91. The van der Waals surface area contributed by atoms with Crippen molar-refractivity contribution in [3.8, 4) is 5.75 Å². The zero-order valence-corrected chi connectivity index (χ0v) is 16.4. The van der Waals surface area contributed by atoms with Crippen LogP contribution in [-0.4, -0.2) is 50.1 Å². The maximum atomic E-state index is 12.6. The lowest BCUT2D eigenvalue weighted by Gasteiger charge is -2.38. The molecule has 1 N–H and O–H groups in total. The number of methoxy groups -OCH3 is 1. The summed E-state index contributed by atoms with van der Waals surface area (Å²) < 4.78 is 5.47. The lowest BCUT2D eigenvalue weighted by molar-refractivity contribution is -0.126. The predicted molar refractivity (Wildman–Crippen MR) is 109 cm³/mol. The number of carbonyl (C=O) groups is 1. The van der Waals surface area contributed by atoms with E-state index in [4.69, 9.17) is 4.74 Å². The number of benzene rings is 2. The summed E-state index contributed by atoms with van der Waals surface area (Å²) in [6.07, 6.45) is 0. The zero-order valence-electron chi connectivity index (χ0n) is 16.4. The van der Waals surface area contributed by atoms with Gasteiger partial charge in [0.15, 0.2) is 0 Å². The lowest BCUT2D eigenvalue weighted by atomic mass is 10.1. The second-order valence-corrected chi connectivity index (χ2v) is 7.08. The topological polar surface area (TPSA) is 44.8 Å². The Morgan fingerprint density at radius 1 is 1.11 bits per heavy atom. The fourth-order valence-corrected chi connectivity index (χ4v) is 3.57. The Bertz CT molecular complexity index is 770. The van der Waals surface area contributed by atoms with Crippen LogP contribution in [0, 0.1) is 6.92 Å². The first kappa shape index (κ1) is 19.2. The van der Waals surface area contributed by atoms with Gasteiger partial charge in [-0.25, -0.2) is 0 Å². The molecule has 0 saturated carbocycles. The number of ether oxygens (including phenoxy) is 1. The number of nitrogens with one attached hydrogen (secondary N) is 1. The second-order valence-electron chi connectivity index (χ2n) is 7.08. The van der Waals surface area contributed by atoms with Gasteiger partial charge in [-0.05, 0) is 31.5 Å². The van der Waals surface area contributed by atoms with E-state index in [9.17, 15) is 4.79 Å². The molecule has 1 fully saturated rings. The number of rotatable bonds is 6. The average Bonchev–Trinajstić information content (AvgIpc) is 2.71. The van der Waals surface area contributed by atoms with Crippen LogP contribution >= 0.6 is 0 Å². The summed E-state index contributed by atoms with van der Waals surface area (Å²) in [6.45, 7) is 8.12. The highest BCUT2D eigenvalue weighted by Crippen LogP contribution is 2.28. The van der Waals surface area contributed by atoms with Crippen LogP contribution in [0.1, 0.15) is 18.1 Å². The highest BCUT2D eigenvalue weighted by Gasteiger charge is 2.26. The number of aryl methyl sites for hydroxylation is 1. The molecule has 0 unspecified atom stereocenters. The van der Waals surface area contributed by atoms with Crippen molar-refractivity contribution >= 4 is 11.6 Å². The number of hydrogen-bond donors (Lipinski definition) is 1. The molecule has 3 rings (SSSR count). The predicted octanol–water partition coefficient (Wildman–Crippen LogP) is 2.83. The minimum atomic E-state index is -0.130. The Kier molecular flexibility index (Phi) is 6.35. The summed E-state index contributed by atoms with van der Waals surface area (Å²) in [5.41, 5.74) is 3.47. The summed E-state index contributed by atoms with van der Waals surface area (Å²) in [7, 11) is 1.70. The summed E-state index contributed by atoms with van der Waals surface area (Å²) in [6, 6.07) is 16.2. The number of carbonyl (C=O) groups excluding carboxylic acids is 1. The van der Waals surface area contributed by atoms with Gasteiger partial charge in [0, 0.05) is 32.7 Å². The van der Waals surface area contributed by atoms with Crippen molar-refractivity contribution < 1.29 is 9.53 Å². The van der Waals surface area contributed by atoms with Crippen LogP contribution in [-0.2, 0) is 11.3 Å². The van der Waals surface area contributed by atoms with Crippen LogP contribution in [0.3, 0.4) is 0 Å². The van der Waals surface area contributed by atoms with E-state index in [-0.39, 0.29) is 11.9 Å². The van der Waals surface area contributed by atoms with Crippen molar-refractivity contribution in [1.29, 1.82) is 0 Å². The van der Waals surface area contributed by atoms with Gasteiger partial charge in [-0.3, -0.25) is 9.69 Å². The zero-order chi connectivity index (χ0) is 19.2. The van der Waals surface area contributed by atoms with Gasteiger partial charge in [0.2, 0.25) is 5.91 Å². The third-order valence-corrected chi connectivity index (χ3v) is 5.22. The van der Waals surface area contributed by atoms with E-state index in [1.165, 1.54) is 5.56 Å². The largest absolute Gasteiger partial charge is 0.495 e. The van der Waals surface area contributed by atoms with E-state index >= 15 is 0 Å². The first-order valence-corrected chi connectivity index (χ1v) is 9.54. The van der Waals surface area contributed by atoms with Crippen LogP contribution in [0.4, 0.5) is 5.69 Å². The van der Waals surface area contributed by atoms with E-state index in [0.29, 0.717) is 6.54 Å². The minimum absolute atomic E-state index is 0.0854. The summed E-state index contributed by atoms with van der Waals surface area (Å²) >= 11 is 0. The van der Waals surface area contributed by atoms with E-state index in [0.717, 1.165) is 43.2 Å². The minimum Gasteiger partial charge on any atom is -0.495 e. The number of anilines is 1. The van der Waals surface area contributed by atoms with Gasteiger partial charge in [-0.1, -0.05) is 42.0 Å². The fourth-order valence-electron chi connectivity index (χ4n) is 3.57. The molecule has 5 heteroatoms. The summed E-state index contributed by atoms with van der Waals surface area (Å²) in [4.78, 5) is 17.1. The van der Waals surface area contributed by atoms with Crippen LogP contribution in [0.5, 0.6) is 5.75 Å². The molecular weight excluding hydrogens is 338 g/mol. The maximum Gasteiger partial charge on any atom is 0.237 e. The molecule has 1 atom stereocenters. The molecule has 0 spiro atoms. The first-order chi connectivity index (χ1) is 13.1. The van der Waals surface area contributed by atoms with Crippen molar-refractivity contribution in [1.82, 2.24) is 10.2 Å². The van der Waals surface area contributed by atoms with E-state index in [2.05, 4.69) is 40.2 Å². The van der Waals surface area contributed by atoms with Crippen molar-refractivity contribution in [3.63, 3.8) is 0 Å². The highest BCUT2D eigenvalue weighted by molar-refractivity contribution is 5.81. The fraction of sp³-hybridized carbons (Fsp3) is 0.409. The maximum absolute atomic E-state index is 12.6. The van der Waals surface area contributed by atoms with Crippen LogP contribution in [0.15, 0.2) is 48.5 Å². The normalized spacial score (nSPS) is 16.0. The van der Waals surface area contributed by atoms with E-state index < -0.39 is 0 Å². The molecule has 1 heterocycles. The molecule has 1 saturated heterocycles. The number of para-hydroxylation sites is 2. The molecular formula is C22H29N3O2. The SMILES string of the molecule is COc1ccccc1N1CCN([C@H](C)C(=O)NCc2cccc(C)c2)CC1. The van der Waals surface area contributed by atoms with Gasteiger partial charge >= 0.3 is 0 Å². The summed E-state index contributed by atoms with van der Waals surface area (Å²) in [5, 5.41) is 3.07. The Morgan fingerprint density at radius 3 is 2.56 bits per heavy atom.